The first-order valence-electron chi connectivity index (χ1n) is 6.02. The van der Waals surface area contributed by atoms with E-state index < -0.39 is 18.0 Å². The molecule has 1 aromatic carbocycles. The Balaban J connectivity index is 2.20. The summed E-state index contributed by atoms with van der Waals surface area (Å²) in [5, 5.41) is 0. The number of aryl methyl sites for hydroxylation is 2. The Morgan fingerprint density at radius 1 is 1.28 bits per heavy atom. The Labute approximate surface area is 106 Å². The van der Waals surface area contributed by atoms with E-state index in [-0.39, 0.29) is 6.42 Å². The molecule has 1 saturated heterocycles. The average Bonchev–Trinajstić information content (AvgIpc) is 2.57. The number of cyclic esters (lactones) is 2. The summed E-state index contributed by atoms with van der Waals surface area (Å²) in [5.41, 5.74) is 3.54. The molecule has 4 heteroatoms. The number of carbonyl (C=O) groups excluding carboxylic acids is 2. The van der Waals surface area contributed by atoms with Crippen LogP contribution < -0.4 is 4.74 Å². The number of esters is 2. The van der Waals surface area contributed by atoms with E-state index in [0.29, 0.717) is 5.75 Å². The molecule has 0 aliphatic carbocycles. The first kappa shape index (κ1) is 12.6. The summed E-state index contributed by atoms with van der Waals surface area (Å²) in [4.78, 5) is 22.3. The second-order valence-electron chi connectivity index (χ2n) is 4.49. The molecule has 1 unspecified atom stereocenters. The van der Waals surface area contributed by atoms with Crippen molar-refractivity contribution in [3.8, 4) is 5.75 Å². The molecule has 1 aromatic rings. The van der Waals surface area contributed by atoms with Crippen LogP contribution in [0.2, 0.25) is 0 Å². The highest BCUT2D eigenvalue weighted by Crippen LogP contribution is 2.25. The van der Waals surface area contributed by atoms with Gasteiger partial charge in [0.1, 0.15) is 5.75 Å². The Bertz CT molecular complexity index is 482. The number of hydrogen-bond acceptors (Lipinski definition) is 4. The molecule has 1 fully saturated rings. The van der Waals surface area contributed by atoms with E-state index in [4.69, 9.17) is 4.74 Å². The molecular formula is C14H16O4. The predicted octanol–water partition coefficient (Wildman–Crippen LogP) is 2.09. The molecule has 1 heterocycles. The van der Waals surface area contributed by atoms with E-state index in [9.17, 15) is 9.59 Å². The second-order valence-corrected chi connectivity index (χ2v) is 4.49. The summed E-state index contributed by atoms with van der Waals surface area (Å²) >= 11 is 0. The van der Waals surface area contributed by atoms with Gasteiger partial charge >= 0.3 is 11.9 Å². The molecule has 2 rings (SSSR count). The molecule has 96 valence electrons. The van der Waals surface area contributed by atoms with Crippen LogP contribution in [0, 0.1) is 13.8 Å². The van der Waals surface area contributed by atoms with Gasteiger partial charge in [-0.2, -0.15) is 0 Å². The highest BCUT2D eigenvalue weighted by molar-refractivity contribution is 5.96. The van der Waals surface area contributed by atoms with Crippen molar-refractivity contribution in [3.63, 3.8) is 0 Å². The number of hydrogen-bond donors (Lipinski definition) is 0. The van der Waals surface area contributed by atoms with Crippen LogP contribution in [0.1, 0.15) is 30.0 Å². The molecule has 0 amide bonds. The van der Waals surface area contributed by atoms with E-state index in [0.717, 1.165) is 17.5 Å². The normalized spacial score (nSPS) is 18.9. The molecule has 1 aliphatic rings. The lowest BCUT2D eigenvalue weighted by Crippen LogP contribution is -2.21. The molecule has 1 atom stereocenters. The van der Waals surface area contributed by atoms with Crippen LogP contribution in [-0.4, -0.2) is 18.0 Å². The van der Waals surface area contributed by atoms with Crippen LogP contribution in [0.3, 0.4) is 0 Å². The Morgan fingerprint density at radius 2 is 1.89 bits per heavy atom. The van der Waals surface area contributed by atoms with Gasteiger partial charge in [0.25, 0.3) is 0 Å². The summed E-state index contributed by atoms with van der Waals surface area (Å²) in [6, 6.07) is 3.78. The number of ether oxygens (including phenoxy) is 2. The summed E-state index contributed by atoms with van der Waals surface area (Å²) in [6.07, 6.45) is 0.151. The summed E-state index contributed by atoms with van der Waals surface area (Å²) in [5.74, 6) is -0.516. The SMILES string of the molecule is CCc1c(C)cc(OC2CC(=O)OC2=O)cc1C. The fraction of sp³-hybridized carbons (Fsp3) is 0.429. The third kappa shape index (κ3) is 2.37. The average molecular weight is 248 g/mol. The van der Waals surface area contributed by atoms with Crippen molar-refractivity contribution >= 4 is 11.9 Å². The first-order chi connectivity index (χ1) is 8.51. The van der Waals surface area contributed by atoms with Gasteiger partial charge in [0.15, 0.2) is 0 Å². The maximum atomic E-state index is 11.3. The maximum Gasteiger partial charge on any atom is 0.355 e. The largest absolute Gasteiger partial charge is 0.478 e. The van der Waals surface area contributed by atoms with Crippen LogP contribution in [0.5, 0.6) is 5.75 Å². The zero-order valence-electron chi connectivity index (χ0n) is 10.8. The maximum absolute atomic E-state index is 11.3. The van der Waals surface area contributed by atoms with Gasteiger partial charge in [0.2, 0.25) is 6.10 Å². The summed E-state index contributed by atoms with van der Waals surface area (Å²) < 4.78 is 9.97. The Hall–Kier alpha value is -1.84. The van der Waals surface area contributed by atoms with E-state index in [1.807, 2.05) is 26.0 Å². The first-order valence-corrected chi connectivity index (χ1v) is 6.02. The molecule has 0 bridgehead atoms. The van der Waals surface area contributed by atoms with Gasteiger partial charge in [-0.15, -0.1) is 0 Å². The van der Waals surface area contributed by atoms with Crippen molar-refractivity contribution < 1.29 is 19.1 Å². The Kier molecular flexibility index (Phi) is 3.36. The van der Waals surface area contributed by atoms with Crippen molar-refractivity contribution in [2.45, 2.75) is 39.7 Å². The lowest BCUT2D eigenvalue weighted by Gasteiger charge is -2.14. The predicted molar refractivity (Wildman–Crippen MR) is 65.4 cm³/mol. The van der Waals surface area contributed by atoms with Gasteiger partial charge in [-0.05, 0) is 49.1 Å². The molecule has 0 N–H and O–H groups in total. The molecule has 0 spiro atoms. The highest BCUT2D eigenvalue weighted by Gasteiger charge is 2.35. The van der Waals surface area contributed by atoms with E-state index in [1.165, 1.54) is 5.56 Å². The standard InChI is InChI=1S/C14H16O4/c1-4-11-8(2)5-10(6-9(11)3)17-12-7-13(15)18-14(12)16/h5-6,12H,4,7H2,1-3H3. The minimum atomic E-state index is -0.802. The molecule has 0 radical (unpaired) electrons. The highest BCUT2D eigenvalue weighted by atomic mass is 16.6. The van der Waals surface area contributed by atoms with Crippen molar-refractivity contribution in [2.24, 2.45) is 0 Å². The topological polar surface area (TPSA) is 52.6 Å². The van der Waals surface area contributed by atoms with E-state index in [1.54, 1.807) is 0 Å². The van der Waals surface area contributed by atoms with Crippen LogP contribution in [0.15, 0.2) is 12.1 Å². The lowest BCUT2D eigenvalue weighted by atomic mass is 10.0. The zero-order valence-corrected chi connectivity index (χ0v) is 10.8. The van der Waals surface area contributed by atoms with Crippen LogP contribution in [-0.2, 0) is 20.7 Å². The van der Waals surface area contributed by atoms with Crippen molar-refractivity contribution in [1.82, 2.24) is 0 Å². The minimum Gasteiger partial charge on any atom is -0.478 e. The molecule has 4 nitrogen and oxygen atoms in total. The minimum absolute atomic E-state index is 0.00748. The fourth-order valence-corrected chi connectivity index (χ4v) is 2.29. The van der Waals surface area contributed by atoms with Crippen LogP contribution in [0.4, 0.5) is 0 Å². The van der Waals surface area contributed by atoms with Gasteiger partial charge in [0, 0.05) is 0 Å². The number of rotatable bonds is 3. The van der Waals surface area contributed by atoms with E-state index >= 15 is 0 Å². The lowest BCUT2D eigenvalue weighted by molar-refractivity contribution is -0.154. The fourth-order valence-electron chi connectivity index (χ4n) is 2.29. The van der Waals surface area contributed by atoms with Crippen molar-refractivity contribution in [3.05, 3.63) is 28.8 Å². The zero-order chi connectivity index (χ0) is 13.3. The third-order valence-corrected chi connectivity index (χ3v) is 3.13. The summed E-state index contributed by atoms with van der Waals surface area (Å²) in [6.45, 7) is 6.12. The smallest absolute Gasteiger partial charge is 0.355 e. The van der Waals surface area contributed by atoms with Gasteiger partial charge < -0.3 is 9.47 Å². The molecular weight excluding hydrogens is 232 g/mol. The molecule has 0 saturated carbocycles. The molecule has 0 aromatic heterocycles. The van der Waals surface area contributed by atoms with Gasteiger partial charge in [-0.3, -0.25) is 4.79 Å². The quantitative estimate of drug-likeness (QED) is 0.607. The van der Waals surface area contributed by atoms with Crippen molar-refractivity contribution in [2.75, 3.05) is 0 Å². The van der Waals surface area contributed by atoms with Gasteiger partial charge in [-0.1, -0.05) is 6.92 Å². The second kappa shape index (κ2) is 4.80. The van der Waals surface area contributed by atoms with Gasteiger partial charge in [0.05, 0.1) is 6.42 Å². The monoisotopic (exact) mass is 248 g/mol. The molecule has 1 aliphatic heterocycles. The third-order valence-electron chi connectivity index (χ3n) is 3.13. The van der Waals surface area contributed by atoms with Crippen LogP contribution >= 0.6 is 0 Å². The summed E-state index contributed by atoms with van der Waals surface area (Å²) in [7, 11) is 0. The molecule has 18 heavy (non-hydrogen) atoms. The number of benzene rings is 1. The Morgan fingerprint density at radius 3 is 2.33 bits per heavy atom. The van der Waals surface area contributed by atoms with Gasteiger partial charge in [-0.25, -0.2) is 4.79 Å². The van der Waals surface area contributed by atoms with E-state index in [2.05, 4.69) is 11.7 Å². The van der Waals surface area contributed by atoms with Crippen LogP contribution in [0.25, 0.3) is 0 Å². The number of carbonyl (C=O) groups is 2. The van der Waals surface area contributed by atoms with Crippen molar-refractivity contribution in [1.29, 1.82) is 0 Å².